The van der Waals surface area contributed by atoms with E-state index in [0.717, 1.165) is 51.8 Å². The summed E-state index contributed by atoms with van der Waals surface area (Å²) in [4.78, 5) is 2.52. The molecule has 3 aliphatic rings. The Morgan fingerprint density at radius 3 is 1.69 bits per heavy atom. The molecule has 316 valence electrons. The van der Waals surface area contributed by atoms with Crippen LogP contribution in [0, 0.1) is 5.41 Å². The molecule has 0 saturated heterocycles. The van der Waals surface area contributed by atoms with Crippen LogP contribution in [0.1, 0.15) is 82.2 Å². The standard InChI is InChI=1S/C63H53NO/c1-61(2,3)44-29-35-49-50-36-30-45(62(4,5)6)38-56(50)63(55(49)37-44)54-23-15-13-21-48(54)52-39-53-51-22-14-16-24-57(51)65-60(53)59(58(52)63)64(46-31-25-42(26-32-46)40-17-9-7-10-18-40)47-33-27-43(28-34-47)41-19-11-8-12-20-41/h7-29,31-35,37-39H,30,36H2,1-6H3. The van der Waals surface area contributed by atoms with Gasteiger partial charge in [0, 0.05) is 27.7 Å². The lowest BCUT2D eigenvalue weighted by Gasteiger charge is -2.38. The van der Waals surface area contributed by atoms with Crippen LogP contribution in [0.3, 0.4) is 0 Å². The zero-order valence-corrected chi connectivity index (χ0v) is 38.2. The topological polar surface area (TPSA) is 16.4 Å². The zero-order valence-electron chi connectivity index (χ0n) is 38.2. The molecule has 12 rings (SSSR count). The predicted molar refractivity (Wildman–Crippen MR) is 273 cm³/mol. The van der Waals surface area contributed by atoms with E-state index in [2.05, 4.69) is 235 Å². The van der Waals surface area contributed by atoms with Crippen LogP contribution in [-0.2, 0) is 10.8 Å². The minimum Gasteiger partial charge on any atom is -0.454 e. The molecule has 0 N–H and O–H groups in total. The molecule has 2 heteroatoms. The van der Waals surface area contributed by atoms with Crippen molar-refractivity contribution in [2.24, 2.45) is 5.41 Å². The maximum absolute atomic E-state index is 7.32. The van der Waals surface area contributed by atoms with Crippen molar-refractivity contribution in [1.82, 2.24) is 0 Å². The monoisotopic (exact) mass is 839 g/mol. The van der Waals surface area contributed by atoms with Gasteiger partial charge in [-0.2, -0.15) is 0 Å². The van der Waals surface area contributed by atoms with Gasteiger partial charge in [0.2, 0.25) is 0 Å². The molecule has 0 saturated carbocycles. The Kier molecular flexibility index (Phi) is 8.75. The Bertz CT molecular complexity index is 3320. The van der Waals surface area contributed by atoms with Crippen LogP contribution < -0.4 is 4.90 Å². The van der Waals surface area contributed by atoms with Gasteiger partial charge in [0.1, 0.15) is 5.58 Å². The van der Waals surface area contributed by atoms with E-state index in [4.69, 9.17) is 4.42 Å². The van der Waals surface area contributed by atoms with Crippen molar-refractivity contribution in [3.8, 4) is 33.4 Å². The first kappa shape index (κ1) is 39.4. The van der Waals surface area contributed by atoms with E-state index < -0.39 is 5.41 Å². The SMILES string of the molecule is CC(C)(C)C1=CC2=C(CC1)c1ccc(C(C)(C)C)cc1C21c2ccccc2-c2cc3c(oc4ccccc43)c(N(c3ccc(-c4ccccc4)cc3)c3ccc(-c4ccccc4)cc3)c21. The van der Waals surface area contributed by atoms with Gasteiger partial charge in [-0.05, 0) is 127 Å². The van der Waals surface area contributed by atoms with E-state index in [1.807, 2.05) is 0 Å². The molecule has 8 aromatic carbocycles. The second kappa shape index (κ2) is 14.4. The predicted octanol–water partition coefficient (Wildman–Crippen LogP) is 17.5. The minimum atomic E-state index is -0.622. The molecule has 1 unspecified atom stereocenters. The lowest BCUT2D eigenvalue weighted by molar-refractivity contribution is 0.480. The maximum Gasteiger partial charge on any atom is 0.159 e. The van der Waals surface area contributed by atoms with Crippen molar-refractivity contribution in [2.75, 3.05) is 4.90 Å². The van der Waals surface area contributed by atoms with Gasteiger partial charge in [-0.15, -0.1) is 0 Å². The van der Waals surface area contributed by atoms with Gasteiger partial charge in [0.15, 0.2) is 5.58 Å². The normalized spacial score (nSPS) is 16.4. The molecule has 1 heterocycles. The molecule has 0 radical (unpaired) electrons. The molecule has 1 aromatic heterocycles. The average Bonchev–Trinajstić information content (AvgIpc) is 3.95. The van der Waals surface area contributed by atoms with Crippen LogP contribution in [0.4, 0.5) is 17.1 Å². The van der Waals surface area contributed by atoms with Crippen molar-refractivity contribution >= 4 is 44.6 Å². The summed E-state index contributed by atoms with van der Waals surface area (Å²) in [5.74, 6) is 0. The molecule has 3 aliphatic carbocycles. The summed E-state index contributed by atoms with van der Waals surface area (Å²) < 4.78 is 7.32. The Morgan fingerprint density at radius 2 is 1.06 bits per heavy atom. The molecule has 0 amide bonds. The molecule has 0 fully saturated rings. The summed E-state index contributed by atoms with van der Waals surface area (Å²) in [5.41, 5.74) is 22.8. The van der Waals surface area contributed by atoms with Crippen LogP contribution >= 0.6 is 0 Å². The number of allylic oxidation sites excluding steroid dienone is 4. The summed E-state index contributed by atoms with van der Waals surface area (Å²) in [7, 11) is 0. The largest absolute Gasteiger partial charge is 0.454 e. The van der Waals surface area contributed by atoms with E-state index in [0.29, 0.717) is 0 Å². The Hall–Kier alpha value is -7.16. The first-order valence-corrected chi connectivity index (χ1v) is 23.3. The van der Waals surface area contributed by atoms with Crippen LogP contribution in [-0.4, -0.2) is 0 Å². The van der Waals surface area contributed by atoms with Gasteiger partial charge in [0.05, 0.1) is 11.1 Å². The molecular formula is C63H53NO. The number of hydrogen-bond acceptors (Lipinski definition) is 2. The first-order chi connectivity index (χ1) is 31.5. The van der Waals surface area contributed by atoms with Crippen molar-refractivity contribution in [3.05, 3.63) is 227 Å². The lowest BCUT2D eigenvalue weighted by atomic mass is 9.66. The van der Waals surface area contributed by atoms with Crippen LogP contribution in [0.25, 0.3) is 60.9 Å². The van der Waals surface area contributed by atoms with Gasteiger partial charge in [-0.25, -0.2) is 0 Å². The average molecular weight is 840 g/mol. The Balaban J connectivity index is 1.24. The second-order valence-corrected chi connectivity index (χ2v) is 20.4. The van der Waals surface area contributed by atoms with Gasteiger partial charge in [-0.3, -0.25) is 0 Å². The summed E-state index contributed by atoms with van der Waals surface area (Å²) in [5, 5.41) is 2.25. The van der Waals surface area contributed by atoms with E-state index in [-0.39, 0.29) is 10.8 Å². The number of nitrogens with zero attached hydrogens (tertiary/aromatic N) is 1. The van der Waals surface area contributed by atoms with E-state index in [9.17, 15) is 0 Å². The number of anilines is 3. The fourth-order valence-electron chi connectivity index (χ4n) is 11.3. The van der Waals surface area contributed by atoms with E-state index in [1.54, 1.807) is 0 Å². The number of hydrogen-bond donors (Lipinski definition) is 0. The van der Waals surface area contributed by atoms with Crippen molar-refractivity contribution < 1.29 is 4.42 Å². The van der Waals surface area contributed by atoms with E-state index in [1.165, 1.54) is 77.9 Å². The molecule has 9 aromatic rings. The highest BCUT2D eigenvalue weighted by Crippen LogP contribution is 2.68. The quantitative estimate of drug-likeness (QED) is 0.172. The number of fused-ring (bicyclic) bond motifs is 12. The number of para-hydroxylation sites is 1. The van der Waals surface area contributed by atoms with Gasteiger partial charge in [-0.1, -0.05) is 199 Å². The van der Waals surface area contributed by atoms with Gasteiger partial charge >= 0.3 is 0 Å². The summed E-state index contributed by atoms with van der Waals surface area (Å²) in [6.07, 6.45) is 4.69. The summed E-state index contributed by atoms with van der Waals surface area (Å²) in [6, 6.07) is 67.5. The lowest BCUT2D eigenvalue weighted by Crippen LogP contribution is -2.30. The van der Waals surface area contributed by atoms with Crippen LogP contribution in [0.5, 0.6) is 0 Å². The van der Waals surface area contributed by atoms with Gasteiger partial charge in [0.25, 0.3) is 0 Å². The summed E-state index contributed by atoms with van der Waals surface area (Å²) >= 11 is 0. The maximum atomic E-state index is 7.32. The van der Waals surface area contributed by atoms with E-state index >= 15 is 0 Å². The number of benzene rings is 8. The Morgan fingerprint density at radius 1 is 0.477 bits per heavy atom. The number of rotatable bonds is 5. The fraction of sp³-hybridized carbons (Fsp3) is 0.175. The molecule has 1 atom stereocenters. The van der Waals surface area contributed by atoms with Crippen molar-refractivity contribution in [3.63, 3.8) is 0 Å². The van der Waals surface area contributed by atoms with Crippen molar-refractivity contribution in [1.29, 1.82) is 0 Å². The molecule has 0 aliphatic heterocycles. The second-order valence-electron chi connectivity index (χ2n) is 20.4. The first-order valence-electron chi connectivity index (χ1n) is 23.3. The highest BCUT2D eigenvalue weighted by atomic mass is 16.3. The van der Waals surface area contributed by atoms with Crippen LogP contribution in [0.2, 0.25) is 0 Å². The zero-order chi connectivity index (χ0) is 44.2. The molecule has 1 spiro atoms. The minimum absolute atomic E-state index is 0.0184. The smallest absolute Gasteiger partial charge is 0.159 e. The Labute approximate surface area is 383 Å². The highest BCUT2D eigenvalue weighted by molar-refractivity contribution is 6.16. The van der Waals surface area contributed by atoms with Crippen LogP contribution in [0.15, 0.2) is 204 Å². The molecule has 0 bridgehead atoms. The van der Waals surface area contributed by atoms with Crippen molar-refractivity contribution in [2.45, 2.75) is 65.2 Å². The summed E-state index contributed by atoms with van der Waals surface area (Å²) in [6.45, 7) is 14.2. The third kappa shape index (κ3) is 6.00. The fourth-order valence-corrected chi connectivity index (χ4v) is 11.3. The van der Waals surface area contributed by atoms with Gasteiger partial charge < -0.3 is 9.32 Å². The highest BCUT2D eigenvalue weighted by Gasteiger charge is 2.56. The molecule has 2 nitrogen and oxygen atoms in total. The third-order valence-corrected chi connectivity index (χ3v) is 14.6. The molecule has 65 heavy (non-hydrogen) atoms. The molecular weight excluding hydrogens is 787 g/mol. The third-order valence-electron chi connectivity index (χ3n) is 14.6. The number of furan rings is 1.